The van der Waals surface area contributed by atoms with Crippen molar-refractivity contribution < 1.29 is 19.5 Å². The lowest BCUT2D eigenvalue weighted by molar-refractivity contribution is -0.141. The summed E-state index contributed by atoms with van der Waals surface area (Å²) >= 11 is 0. The Balaban J connectivity index is 1.93. The Morgan fingerprint density at radius 3 is 2.52 bits per heavy atom. The number of fused-ring (bicyclic) bond motifs is 1. The van der Waals surface area contributed by atoms with Crippen molar-refractivity contribution in [2.24, 2.45) is 11.7 Å². The monoisotopic (exact) mass is 316 g/mol. The second-order valence-corrected chi connectivity index (χ2v) is 6.36. The lowest BCUT2D eigenvalue weighted by atomic mass is 9.84. The highest BCUT2D eigenvalue weighted by molar-refractivity contribution is 6.00. The zero-order valence-electron chi connectivity index (χ0n) is 12.8. The number of primary amides is 1. The maximum absolute atomic E-state index is 12.9. The van der Waals surface area contributed by atoms with Gasteiger partial charge in [0.05, 0.1) is 0 Å². The number of aliphatic carboxylic acids is 1. The van der Waals surface area contributed by atoms with Gasteiger partial charge in [0.25, 0.3) is 5.91 Å². The van der Waals surface area contributed by atoms with Gasteiger partial charge in [-0.25, -0.2) is 4.79 Å². The number of carboxylic acids is 1. The average molecular weight is 316 g/mol. The predicted molar refractivity (Wildman–Crippen MR) is 82.9 cm³/mol. The number of likely N-dealkylation sites (tertiary alicyclic amines) is 1. The third-order valence-electron chi connectivity index (χ3n) is 5.00. The summed E-state index contributed by atoms with van der Waals surface area (Å²) in [6.45, 7) is 0. The number of carboxylic acid groups (broad SMARTS) is 1. The van der Waals surface area contributed by atoms with Crippen LogP contribution in [0.1, 0.15) is 52.8 Å². The van der Waals surface area contributed by atoms with Crippen LogP contribution in [0.25, 0.3) is 0 Å². The van der Waals surface area contributed by atoms with Gasteiger partial charge in [0.2, 0.25) is 5.91 Å². The number of benzene rings is 1. The fraction of sp³-hybridized carbons (Fsp3) is 0.471. The second kappa shape index (κ2) is 6.02. The second-order valence-electron chi connectivity index (χ2n) is 6.36. The SMILES string of the molecule is NC(=O)c1cccc(C(=O)N2[C@@H]3CCCC[C@@H]3C[C@H]2C(=O)O)c1. The van der Waals surface area contributed by atoms with Crippen LogP contribution in [0.3, 0.4) is 0 Å². The molecule has 1 saturated heterocycles. The van der Waals surface area contributed by atoms with Crippen LogP contribution in [0.4, 0.5) is 0 Å². The summed E-state index contributed by atoms with van der Waals surface area (Å²) in [7, 11) is 0. The van der Waals surface area contributed by atoms with Crippen LogP contribution in [0.15, 0.2) is 24.3 Å². The Bertz CT molecular complexity index is 658. The Labute approximate surface area is 134 Å². The standard InChI is InChI=1S/C17H20N2O4/c18-15(20)11-5-3-6-12(8-11)16(21)19-13-7-2-1-4-10(13)9-14(19)17(22)23/h3,5-6,8,10,13-14H,1-2,4,7,9H2,(H2,18,20)(H,22,23)/t10-,13-,14+/m1/s1. The zero-order chi connectivity index (χ0) is 16.6. The molecular formula is C17H20N2O4. The summed E-state index contributed by atoms with van der Waals surface area (Å²) in [6.07, 6.45) is 4.43. The Morgan fingerprint density at radius 1 is 1.13 bits per heavy atom. The molecule has 0 aromatic heterocycles. The van der Waals surface area contributed by atoms with Crippen molar-refractivity contribution >= 4 is 17.8 Å². The highest BCUT2D eigenvalue weighted by Gasteiger charge is 2.47. The molecule has 3 N–H and O–H groups in total. The predicted octanol–water partition coefficient (Wildman–Crippen LogP) is 1.64. The zero-order valence-corrected chi connectivity index (χ0v) is 12.8. The summed E-state index contributed by atoms with van der Waals surface area (Å²) in [4.78, 5) is 37.3. The van der Waals surface area contributed by atoms with Gasteiger partial charge >= 0.3 is 5.97 Å². The molecule has 1 aliphatic heterocycles. The molecule has 122 valence electrons. The Hall–Kier alpha value is -2.37. The minimum Gasteiger partial charge on any atom is -0.480 e. The molecule has 1 heterocycles. The summed E-state index contributed by atoms with van der Waals surface area (Å²) < 4.78 is 0. The van der Waals surface area contributed by atoms with E-state index in [9.17, 15) is 19.5 Å². The third-order valence-corrected chi connectivity index (χ3v) is 5.00. The molecular weight excluding hydrogens is 296 g/mol. The topological polar surface area (TPSA) is 101 Å². The van der Waals surface area contributed by atoms with E-state index in [1.807, 2.05) is 0 Å². The van der Waals surface area contributed by atoms with Crippen molar-refractivity contribution in [3.05, 3.63) is 35.4 Å². The molecule has 3 rings (SSSR count). The first-order valence-electron chi connectivity index (χ1n) is 7.94. The van der Waals surface area contributed by atoms with Crippen LogP contribution in [0, 0.1) is 5.92 Å². The molecule has 6 heteroatoms. The number of nitrogens with two attached hydrogens (primary N) is 1. The number of hydrogen-bond donors (Lipinski definition) is 2. The summed E-state index contributed by atoms with van der Waals surface area (Å²) in [6, 6.07) is 5.38. The van der Waals surface area contributed by atoms with Crippen LogP contribution in [0.5, 0.6) is 0 Å². The molecule has 0 bridgehead atoms. The molecule has 3 atom stereocenters. The molecule has 1 saturated carbocycles. The first-order valence-corrected chi connectivity index (χ1v) is 7.94. The fourth-order valence-electron chi connectivity index (χ4n) is 3.93. The van der Waals surface area contributed by atoms with E-state index in [2.05, 4.69) is 0 Å². The molecule has 2 fully saturated rings. The van der Waals surface area contributed by atoms with Crippen LogP contribution < -0.4 is 5.73 Å². The van der Waals surface area contributed by atoms with Crippen molar-refractivity contribution in [2.45, 2.75) is 44.2 Å². The highest BCUT2D eigenvalue weighted by Crippen LogP contribution is 2.40. The quantitative estimate of drug-likeness (QED) is 0.885. The minimum absolute atomic E-state index is 0.0189. The Morgan fingerprint density at radius 2 is 1.83 bits per heavy atom. The normalized spacial score (nSPS) is 26.6. The van der Waals surface area contributed by atoms with Crippen molar-refractivity contribution in [2.75, 3.05) is 0 Å². The highest BCUT2D eigenvalue weighted by atomic mass is 16.4. The van der Waals surface area contributed by atoms with Gasteiger partial charge in [-0.15, -0.1) is 0 Å². The van der Waals surface area contributed by atoms with Gasteiger partial charge in [-0.1, -0.05) is 18.9 Å². The van der Waals surface area contributed by atoms with E-state index in [0.29, 0.717) is 12.0 Å². The molecule has 0 radical (unpaired) electrons. The summed E-state index contributed by atoms with van der Waals surface area (Å²) in [5.74, 6) is -1.63. The molecule has 0 spiro atoms. The first-order chi connectivity index (χ1) is 11.0. The number of hydrogen-bond acceptors (Lipinski definition) is 3. The third kappa shape index (κ3) is 2.81. The minimum atomic E-state index is -0.959. The van der Waals surface area contributed by atoms with Crippen molar-refractivity contribution in [3.63, 3.8) is 0 Å². The summed E-state index contributed by atoms with van der Waals surface area (Å²) in [5.41, 5.74) is 5.83. The van der Waals surface area contributed by atoms with E-state index in [1.165, 1.54) is 11.0 Å². The number of rotatable bonds is 3. The molecule has 0 unspecified atom stereocenters. The molecule has 2 amide bonds. The first kappa shape index (κ1) is 15.5. The molecule has 1 aliphatic carbocycles. The van der Waals surface area contributed by atoms with E-state index in [-0.39, 0.29) is 23.4 Å². The van der Waals surface area contributed by atoms with Crippen LogP contribution in [0.2, 0.25) is 0 Å². The molecule has 1 aromatic rings. The number of nitrogens with zero attached hydrogens (tertiary/aromatic N) is 1. The van der Waals surface area contributed by atoms with Gasteiger partial charge in [-0.3, -0.25) is 9.59 Å². The van der Waals surface area contributed by atoms with Crippen LogP contribution in [-0.4, -0.2) is 39.9 Å². The van der Waals surface area contributed by atoms with Crippen molar-refractivity contribution in [3.8, 4) is 0 Å². The fourth-order valence-corrected chi connectivity index (χ4v) is 3.93. The lowest BCUT2D eigenvalue weighted by Crippen LogP contribution is -2.46. The molecule has 6 nitrogen and oxygen atoms in total. The smallest absolute Gasteiger partial charge is 0.326 e. The largest absolute Gasteiger partial charge is 0.480 e. The number of carbonyl (C=O) groups is 3. The van der Waals surface area contributed by atoms with Gasteiger partial charge in [0, 0.05) is 17.2 Å². The van der Waals surface area contributed by atoms with Gasteiger partial charge < -0.3 is 15.7 Å². The Kier molecular flexibility index (Phi) is 4.07. The molecule has 2 aliphatic rings. The maximum Gasteiger partial charge on any atom is 0.326 e. The summed E-state index contributed by atoms with van der Waals surface area (Å²) in [5, 5.41) is 9.50. The van der Waals surface area contributed by atoms with E-state index in [0.717, 1.165) is 25.7 Å². The number of carbonyl (C=O) groups excluding carboxylic acids is 2. The number of amides is 2. The lowest BCUT2D eigenvalue weighted by Gasteiger charge is -2.33. The van der Waals surface area contributed by atoms with Crippen LogP contribution >= 0.6 is 0 Å². The van der Waals surface area contributed by atoms with Crippen molar-refractivity contribution in [1.82, 2.24) is 4.90 Å². The maximum atomic E-state index is 12.9. The van der Waals surface area contributed by atoms with E-state index >= 15 is 0 Å². The van der Waals surface area contributed by atoms with Crippen LogP contribution in [-0.2, 0) is 4.79 Å². The van der Waals surface area contributed by atoms with Gasteiger partial charge in [-0.2, -0.15) is 0 Å². The van der Waals surface area contributed by atoms with Crippen molar-refractivity contribution in [1.29, 1.82) is 0 Å². The van der Waals surface area contributed by atoms with Gasteiger partial charge in [0.15, 0.2) is 0 Å². The van der Waals surface area contributed by atoms with Gasteiger partial charge in [-0.05, 0) is 43.4 Å². The molecule has 23 heavy (non-hydrogen) atoms. The van der Waals surface area contributed by atoms with E-state index < -0.39 is 17.9 Å². The average Bonchev–Trinajstić information content (AvgIpc) is 2.94. The van der Waals surface area contributed by atoms with Gasteiger partial charge in [0.1, 0.15) is 6.04 Å². The van der Waals surface area contributed by atoms with E-state index in [1.54, 1.807) is 18.2 Å². The van der Waals surface area contributed by atoms with E-state index in [4.69, 9.17) is 5.73 Å². The molecule has 1 aromatic carbocycles.